The van der Waals surface area contributed by atoms with Gasteiger partial charge in [0.2, 0.25) is 0 Å². The van der Waals surface area contributed by atoms with Gasteiger partial charge in [0.15, 0.2) is 0 Å². The molecular formula is C13H19NO3S. The van der Waals surface area contributed by atoms with Crippen LogP contribution in [0.1, 0.15) is 39.4 Å². The van der Waals surface area contributed by atoms with Crippen LogP contribution >= 0.6 is 11.3 Å². The van der Waals surface area contributed by atoms with Gasteiger partial charge in [0.05, 0.1) is 6.10 Å². The minimum absolute atomic E-state index is 0.171. The molecule has 1 heterocycles. The Balaban J connectivity index is 1.84. The SMILES string of the molecule is Cc1sc(C(=O)O)cc1CNCC1CCCC1O. The number of thiophene rings is 1. The second-order valence-corrected chi connectivity index (χ2v) is 6.14. The monoisotopic (exact) mass is 269 g/mol. The first-order valence-electron chi connectivity index (χ1n) is 6.29. The van der Waals surface area contributed by atoms with Gasteiger partial charge < -0.3 is 15.5 Å². The summed E-state index contributed by atoms with van der Waals surface area (Å²) in [4.78, 5) is 12.3. The van der Waals surface area contributed by atoms with E-state index >= 15 is 0 Å². The third-order valence-electron chi connectivity index (χ3n) is 3.57. The number of aryl methyl sites for hydroxylation is 1. The lowest BCUT2D eigenvalue weighted by Crippen LogP contribution is -2.27. The van der Waals surface area contributed by atoms with E-state index in [1.165, 1.54) is 11.3 Å². The quantitative estimate of drug-likeness (QED) is 0.764. The van der Waals surface area contributed by atoms with Crippen LogP contribution in [-0.2, 0) is 6.54 Å². The van der Waals surface area contributed by atoms with E-state index < -0.39 is 5.97 Å². The smallest absolute Gasteiger partial charge is 0.345 e. The Labute approximate surface area is 111 Å². The van der Waals surface area contributed by atoms with E-state index in [0.29, 0.717) is 17.3 Å². The number of aliphatic hydroxyl groups excluding tert-OH is 1. The van der Waals surface area contributed by atoms with E-state index in [1.807, 2.05) is 6.92 Å². The average Bonchev–Trinajstić information content (AvgIpc) is 2.87. The van der Waals surface area contributed by atoms with Crippen LogP contribution in [0, 0.1) is 12.8 Å². The Morgan fingerprint density at radius 3 is 2.89 bits per heavy atom. The predicted octanol–water partition coefficient (Wildman–Crippen LogP) is 2.01. The van der Waals surface area contributed by atoms with Crippen LogP contribution in [0.25, 0.3) is 0 Å². The number of carboxylic acids is 1. The van der Waals surface area contributed by atoms with E-state index in [4.69, 9.17) is 5.11 Å². The molecule has 4 nitrogen and oxygen atoms in total. The minimum Gasteiger partial charge on any atom is -0.477 e. The molecule has 0 radical (unpaired) electrons. The molecule has 1 saturated carbocycles. The molecule has 1 fully saturated rings. The first kappa shape index (κ1) is 13.5. The summed E-state index contributed by atoms with van der Waals surface area (Å²) in [6, 6.07) is 1.74. The van der Waals surface area contributed by atoms with Crippen molar-refractivity contribution < 1.29 is 15.0 Å². The number of aromatic carboxylic acids is 1. The first-order chi connectivity index (χ1) is 8.58. The maximum Gasteiger partial charge on any atom is 0.345 e. The lowest BCUT2D eigenvalue weighted by atomic mass is 10.1. The van der Waals surface area contributed by atoms with Crippen LogP contribution in [0.4, 0.5) is 0 Å². The molecule has 2 unspecified atom stereocenters. The highest BCUT2D eigenvalue weighted by Crippen LogP contribution is 2.25. The number of carboxylic acid groups (broad SMARTS) is 1. The van der Waals surface area contributed by atoms with Gasteiger partial charge in [0, 0.05) is 18.0 Å². The third kappa shape index (κ3) is 3.10. The first-order valence-corrected chi connectivity index (χ1v) is 7.11. The number of hydrogen-bond donors (Lipinski definition) is 3. The van der Waals surface area contributed by atoms with E-state index in [2.05, 4.69) is 5.32 Å². The number of aliphatic hydroxyl groups is 1. The molecule has 0 amide bonds. The third-order valence-corrected chi connectivity index (χ3v) is 4.65. The Bertz CT molecular complexity index is 430. The van der Waals surface area contributed by atoms with Crippen molar-refractivity contribution in [3.05, 3.63) is 21.4 Å². The zero-order valence-electron chi connectivity index (χ0n) is 10.5. The van der Waals surface area contributed by atoms with Crippen molar-refractivity contribution in [1.82, 2.24) is 5.32 Å². The van der Waals surface area contributed by atoms with E-state index in [0.717, 1.165) is 36.2 Å². The molecule has 1 aliphatic rings. The molecule has 18 heavy (non-hydrogen) atoms. The van der Waals surface area contributed by atoms with E-state index in [-0.39, 0.29) is 6.10 Å². The summed E-state index contributed by atoms with van der Waals surface area (Å²) >= 11 is 1.32. The molecule has 2 rings (SSSR count). The highest BCUT2D eigenvalue weighted by Gasteiger charge is 2.24. The fraction of sp³-hybridized carbons (Fsp3) is 0.615. The molecule has 2 atom stereocenters. The second kappa shape index (κ2) is 5.82. The largest absolute Gasteiger partial charge is 0.477 e. The van der Waals surface area contributed by atoms with Crippen molar-refractivity contribution >= 4 is 17.3 Å². The standard InChI is InChI=1S/C13H19NO3S/c1-8-10(5-12(18-8)13(16)17)7-14-6-9-3-2-4-11(9)15/h5,9,11,14-15H,2-4,6-7H2,1H3,(H,16,17). The van der Waals surface area contributed by atoms with E-state index in [9.17, 15) is 9.90 Å². The van der Waals surface area contributed by atoms with Crippen LogP contribution in [0.15, 0.2) is 6.07 Å². The Kier molecular flexibility index (Phi) is 4.37. The maximum absolute atomic E-state index is 10.8. The van der Waals surface area contributed by atoms with Crippen molar-refractivity contribution in [2.45, 2.75) is 38.8 Å². The van der Waals surface area contributed by atoms with Crippen LogP contribution in [0.3, 0.4) is 0 Å². The van der Waals surface area contributed by atoms with Gasteiger partial charge in [0.25, 0.3) is 0 Å². The van der Waals surface area contributed by atoms with Gasteiger partial charge in [0.1, 0.15) is 4.88 Å². The Morgan fingerprint density at radius 1 is 1.56 bits per heavy atom. The van der Waals surface area contributed by atoms with Crippen molar-refractivity contribution in [3.8, 4) is 0 Å². The van der Waals surface area contributed by atoms with Crippen molar-refractivity contribution in [1.29, 1.82) is 0 Å². The lowest BCUT2D eigenvalue weighted by Gasteiger charge is -2.14. The zero-order valence-corrected chi connectivity index (χ0v) is 11.3. The summed E-state index contributed by atoms with van der Waals surface area (Å²) in [7, 11) is 0. The highest BCUT2D eigenvalue weighted by atomic mass is 32.1. The van der Waals surface area contributed by atoms with Crippen LogP contribution < -0.4 is 5.32 Å². The number of carbonyl (C=O) groups is 1. The molecule has 0 spiro atoms. The van der Waals surface area contributed by atoms with Gasteiger partial charge in [-0.25, -0.2) is 4.79 Å². The topological polar surface area (TPSA) is 69.6 Å². The van der Waals surface area contributed by atoms with Gasteiger partial charge in [-0.1, -0.05) is 6.42 Å². The summed E-state index contributed by atoms with van der Waals surface area (Å²) in [5.41, 5.74) is 1.05. The number of hydrogen-bond acceptors (Lipinski definition) is 4. The molecule has 0 aliphatic heterocycles. The van der Waals surface area contributed by atoms with Gasteiger partial charge in [-0.05, 0) is 37.3 Å². The Hall–Kier alpha value is -0.910. The van der Waals surface area contributed by atoms with Crippen molar-refractivity contribution in [3.63, 3.8) is 0 Å². The summed E-state index contributed by atoms with van der Waals surface area (Å²) in [5.74, 6) is -0.511. The summed E-state index contributed by atoms with van der Waals surface area (Å²) < 4.78 is 0. The van der Waals surface area contributed by atoms with Gasteiger partial charge >= 0.3 is 5.97 Å². The van der Waals surface area contributed by atoms with Crippen LogP contribution in [0.5, 0.6) is 0 Å². The molecule has 1 aliphatic carbocycles. The normalized spacial score (nSPS) is 23.4. The molecule has 1 aromatic rings. The van der Waals surface area contributed by atoms with Crippen molar-refractivity contribution in [2.75, 3.05) is 6.54 Å². The van der Waals surface area contributed by atoms with Crippen LogP contribution in [-0.4, -0.2) is 28.8 Å². The predicted molar refractivity (Wildman–Crippen MR) is 71.1 cm³/mol. The van der Waals surface area contributed by atoms with Gasteiger partial charge in [-0.3, -0.25) is 0 Å². The van der Waals surface area contributed by atoms with Gasteiger partial charge in [-0.2, -0.15) is 0 Å². The molecular weight excluding hydrogens is 250 g/mol. The number of rotatable bonds is 5. The van der Waals surface area contributed by atoms with Gasteiger partial charge in [-0.15, -0.1) is 11.3 Å². The maximum atomic E-state index is 10.8. The zero-order chi connectivity index (χ0) is 13.1. The molecule has 3 N–H and O–H groups in total. The molecule has 100 valence electrons. The summed E-state index contributed by atoms with van der Waals surface area (Å²) in [5, 5.41) is 21.9. The van der Waals surface area contributed by atoms with E-state index in [1.54, 1.807) is 6.07 Å². The molecule has 5 heteroatoms. The Morgan fingerprint density at radius 2 is 2.33 bits per heavy atom. The fourth-order valence-corrected chi connectivity index (χ4v) is 3.33. The summed E-state index contributed by atoms with van der Waals surface area (Å²) in [6.07, 6.45) is 2.92. The van der Waals surface area contributed by atoms with Crippen molar-refractivity contribution in [2.24, 2.45) is 5.92 Å². The molecule has 0 aromatic carbocycles. The molecule has 0 bridgehead atoms. The number of nitrogens with one attached hydrogen (secondary N) is 1. The van der Waals surface area contributed by atoms with Crippen LogP contribution in [0.2, 0.25) is 0 Å². The minimum atomic E-state index is -0.861. The second-order valence-electron chi connectivity index (χ2n) is 4.89. The average molecular weight is 269 g/mol. The lowest BCUT2D eigenvalue weighted by molar-refractivity contribution is 0.0702. The fourth-order valence-electron chi connectivity index (χ4n) is 2.45. The highest BCUT2D eigenvalue weighted by molar-refractivity contribution is 7.14. The molecule has 0 saturated heterocycles. The summed E-state index contributed by atoms with van der Waals surface area (Å²) in [6.45, 7) is 3.43. The molecule has 1 aromatic heterocycles.